The van der Waals surface area contributed by atoms with E-state index in [0.717, 1.165) is 21.7 Å². The molecule has 7 nitrogen and oxygen atoms in total. The van der Waals surface area contributed by atoms with Crippen molar-refractivity contribution < 1.29 is 23.8 Å². The maximum absolute atomic E-state index is 14.4. The van der Waals surface area contributed by atoms with E-state index < -0.39 is 11.8 Å². The molecular weight excluding hydrogens is 513 g/mol. The molecule has 0 bridgehead atoms. The number of halogens is 1. The third-order valence-electron chi connectivity index (χ3n) is 5.29. The summed E-state index contributed by atoms with van der Waals surface area (Å²) in [6, 6.07) is 10.1. The van der Waals surface area contributed by atoms with Gasteiger partial charge in [-0.25, -0.2) is 19.2 Å². The summed E-state index contributed by atoms with van der Waals surface area (Å²) in [4.78, 5) is 23.1. The van der Waals surface area contributed by atoms with Gasteiger partial charge in [-0.2, -0.15) is 0 Å². The van der Waals surface area contributed by atoms with Crippen LogP contribution in [0.2, 0.25) is 0 Å². The van der Waals surface area contributed by atoms with Crippen molar-refractivity contribution in [2.24, 2.45) is 5.41 Å². The molecule has 0 spiro atoms. The lowest BCUT2D eigenvalue weighted by Gasteiger charge is -2.17. The van der Waals surface area contributed by atoms with E-state index in [1.54, 1.807) is 31.5 Å². The third-order valence-corrected chi connectivity index (χ3v) is 7.18. The molecule has 0 unspecified atom stereocenters. The molecule has 10 heteroatoms. The normalized spacial score (nSPS) is 11.5. The molecule has 0 saturated heterocycles. The minimum atomic E-state index is -1.09. The molecule has 0 amide bonds. The van der Waals surface area contributed by atoms with Crippen LogP contribution in [0.3, 0.4) is 0 Å². The number of thiophene rings is 1. The minimum absolute atomic E-state index is 0.0385. The molecule has 0 aliphatic carbocycles. The highest BCUT2D eigenvalue weighted by Crippen LogP contribution is 2.38. The van der Waals surface area contributed by atoms with Crippen molar-refractivity contribution in [3.63, 3.8) is 0 Å². The average Bonchev–Trinajstić information content (AvgIpc) is 3.50. The van der Waals surface area contributed by atoms with Gasteiger partial charge in [0, 0.05) is 34.2 Å². The number of anilines is 2. The molecule has 0 fully saturated rings. The SMILES string of the molecule is COCCOc1cc(-c2nc(Nc3ncc(-c4cccs4)cc3C(=O)O)sc2CC(C)(C)C)ccc1F. The Morgan fingerprint density at radius 3 is 2.65 bits per heavy atom. The summed E-state index contributed by atoms with van der Waals surface area (Å²) in [6.45, 7) is 6.94. The molecule has 0 aliphatic heterocycles. The summed E-state index contributed by atoms with van der Waals surface area (Å²) in [5.74, 6) is -1.22. The Labute approximate surface area is 223 Å². The Morgan fingerprint density at radius 1 is 1.16 bits per heavy atom. The first-order valence-electron chi connectivity index (χ1n) is 11.6. The van der Waals surface area contributed by atoms with Crippen molar-refractivity contribution in [2.45, 2.75) is 27.2 Å². The van der Waals surface area contributed by atoms with Crippen molar-refractivity contribution in [3.05, 3.63) is 64.2 Å². The Balaban J connectivity index is 1.70. The summed E-state index contributed by atoms with van der Waals surface area (Å²) in [6.07, 6.45) is 2.37. The first-order valence-corrected chi connectivity index (χ1v) is 13.3. The number of aromatic nitrogens is 2. The fraction of sp³-hybridized carbons (Fsp3) is 0.296. The molecular formula is C27H28FN3O4S2. The topological polar surface area (TPSA) is 93.6 Å². The number of benzene rings is 1. The first kappa shape index (κ1) is 26.7. The van der Waals surface area contributed by atoms with Crippen molar-refractivity contribution >= 4 is 39.6 Å². The molecule has 37 heavy (non-hydrogen) atoms. The zero-order valence-electron chi connectivity index (χ0n) is 21.0. The Kier molecular flexibility index (Phi) is 8.21. The largest absolute Gasteiger partial charge is 0.488 e. The maximum atomic E-state index is 14.4. The third kappa shape index (κ3) is 6.71. The van der Waals surface area contributed by atoms with E-state index >= 15 is 0 Å². The summed E-state index contributed by atoms with van der Waals surface area (Å²) in [7, 11) is 1.55. The van der Waals surface area contributed by atoms with Crippen LogP contribution in [0, 0.1) is 11.2 Å². The van der Waals surface area contributed by atoms with E-state index in [4.69, 9.17) is 14.5 Å². The number of aromatic carboxylic acids is 1. The molecule has 1 aromatic carbocycles. The smallest absolute Gasteiger partial charge is 0.339 e. The van der Waals surface area contributed by atoms with E-state index in [0.29, 0.717) is 23.0 Å². The average molecular weight is 542 g/mol. The number of carboxylic acid groups (broad SMARTS) is 1. The molecule has 0 aliphatic rings. The number of nitrogens with zero attached hydrogens (tertiary/aromatic N) is 2. The van der Waals surface area contributed by atoms with Crippen molar-refractivity contribution in [1.82, 2.24) is 9.97 Å². The van der Waals surface area contributed by atoms with E-state index in [1.807, 2.05) is 17.5 Å². The number of ether oxygens (including phenoxy) is 2. The molecule has 3 aromatic heterocycles. The van der Waals surface area contributed by atoms with E-state index in [1.165, 1.54) is 28.7 Å². The zero-order valence-corrected chi connectivity index (χ0v) is 22.6. The van der Waals surface area contributed by atoms with Gasteiger partial charge in [-0.15, -0.1) is 22.7 Å². The highest BCUT2D eigenvalue weighted by Gasteiger charge is 2.22. The van der Waals surface area contributed by atoms with Crippen LogP contribution in [-0.2, 0) is 11.2 Å². The van der Waals surface area contributed by atoms with Gasteiger partial charge in [-0.05, 0) is 47.5 Å². The van der Waals surface area contributed by atoms with Gasteiger partial charge in [0.05, 0.1) is 12.3 Å². The van der Waals surface area contributed by atoms with E-state index in [-0.39, 0.29) is 29.2 Å². The van der Waals surface area contributed by atoms with Crippen LogP contribution in [0.5, 0.6) is 5.75 Å². The molecule has 4 aromatic rings. The lowest BCUT2D eigenvalue weighted by molar-refractivity contribution is 0.0697. The van der Waals surface area contributed by atoms with Crippen molar-refractivity contribution in [1.29, 1.82) is 0 Å². The van der Waals surface area contributed by atoms with Gasteiger partial charge in [-0.3, -0.25) is 0 Å². The summed E-state index contributed by atoms with van der Waals surface area (Å²) < 4.78 is 24.9. The number of methoxy groups -OCH3 is 1. The van der Waals surface area contributed by atoms with Crippen LogP contribution in [0.4, 0.5) is 15.3 Å². The second kappa shape index (κ2) is 11.4. The van der Waals surface area contributed by atoms with E-state index in [2.05, 4.69) is 31.1 Å². The fourth-order valence-electron chi connectivity index (χ4n) is 3.63. The van der Waals surface area contributed by atoms with Crippen LogP contribution in [0.1, 0.15) is 36.0 Å². The second-order valence-electron chi connectivity index (χ2n) is 9.54. The van der Waals surface area contributed by atoms with Crippen LogP contribution in [-0.4, -0.2) is 41.4 Å². The summed E-state index contributed by atoms with van der Waals surface area (Å²) in [5.41, 5.74) is 2.14. The fourth-order valence-corrected chi connectivity index (χ4v) is 5.63. The number of hydrogen-bond acceptors (Lipinski definition) is 8. The van der Waals surface area contributed by atoms with Gasteiger partial charge in [0.25, 0.3) is 0 Å². The Bertz CT molecular complexity index is 1380. The number of nitrogens with one attached hydrogen (secondary N) is 1. The molecule has 0 radical (unpaired) electrons. The van der Waals surface area contributed by atoms with Crippen molar-refractivity contribution in [3.8, 4) is 27.4 Å². The Hall–Kier alpha value is -3.34. The van der Waals surface area contributed by atoms with Crippen molar-refractivity contribution in [2.75, 3.05) is 25.6 Å². The highest BCUT2D eigenvalue weighted by molar-refractivity contribution is 7.16. The summed E-state index contributed by atoms with van der Waals surface area (Å²) >= 11 is 2.94. The zero-order chi connectivity index (χ0) is 26.6. The Morgan fingerprint density at radius 2 is 1.97 bits per heavy atom. The predicted molar refractivity (Wildman–Crippen MR) is 146 cm³/mol. The molecule has 194 valence electrons. The molecule has 3 heterocycles. The lowest BCUT2D eigenvalue weighted by Crippen LogP contribution is -2.09. The molecule has 2 N–H and O–H groups in total. The maximum Gasteiger partial charge on any atom is 0.339 e. The van der Waals surface area contributed by atoms with Gasteiger partial charge in [0.1, 0.15) is 18.0 Å². The standard InChI is InChI=1S/C27H28FN3O4S2/c1-27(2,3)14-22-23(16-7-8-19(28)20(13-16)35-10-9-34-4)30-26(37-22)31-24-18(25(32)33)12-17(15-29-24)21-6-5-11-36-21/h5-8,11-13,15H,9-10,14H2,1-4H3,(H,32,33)(H,29,30,31). The van der Waals surface area contributed by atoms with E-state index in [9.17, 15) is 14.3 Å². The van der Waals surface area contributed by atoms with Gasteiger partial charge in [0.2, 0.25) is 0 Å². The quantitative estimate of drug-likeness (QED) is 0.206. The van der Waals surface area contributed by atoms with Crippen LogP contribution in [0.15, 0.2) is 48.0 Å². The number of carbonyl (C=O) groups is 1. The second-order valence-corrected chi connectivity index (χ2v) is 11.6. The predicted octanol–water partition coefficient (Wildman–Crippen LogP) is 7.13. The van der Waals surface area contributed by atoms with Gasteiger partial charge < -0.3 is 19.9 Å². The molecule has 4 rings (SSSR count). The van der Waals surface area contributed by atoms with Crippen LogP contribution >= 0.6 is 22.7 Å². The van der Waals surface area contributed by atoms with Gasteiger partial charge >= 0.3 is 5.97 Å². The molecule has 0 saturated carbocycles. The number of rotatable bonds is 10. The first-order chi connectivity index (χ1) is 17.6. The van der Waals surface area contributed by atoms with Gasteiger partial charge in [-0.1, -0.05) is 26.8 Å². The number of pyridine rings is 1. The number of hydrogen-bond donors (Lipinski definition) is 2. The monoisotopic (exact) mass is 541 g/mol. The minimum Gasteiger partial charge on any atom is -0.488 e. The highest BCUT2D eigenvalue weighted by atomic mass is 32.1. The number of thiazole rings is 1. The van der Waals surface area contributed by atoms with Crippen LogP contribution in [0.25, 0.3) is 21.7 Å². The summed E-state index contributed by atoms with van der Waals surface area (Å²) in [5, 5.41) is 15.4. The van der Waals surface area contributed by atoms with Gasteiger partial charge in [0.15, 0.2) is 16.7 Å². The number of carboxylic acids is 1. The lowest BCUT2D eigenvalue weighted by atomic mass is 9.90. The molecule has 0 atom stereocenters. The van der Waals surface area contributed by atoms with Crippen LogP contribution < -0.4 is 10.1 Å².